The lowest BCUT2D eigenvalue weighted by Gasteiger charge is -2.07. The van der Waals surface area contributed by atoms with E-state index < -0.39 is 0 Å². The van der Waals surface area contributed by atoms with Gasteiger partial charge in [0, 0.05) is 6.54 Å². The number of aromatic nitrogens is 4. The smallest absolute Gasteiger partial charge is 0.160 e. The summed E-state index contributed by atoms with van der Waals surface area (Å²) < 4.78 is 0. The quantitative estimate of drug-likeness (QED) is 0.753. The third kappa shape index (κ3) is 3.60. The Bertz CT molecular complexity index is 482. The van der Waals surface area contributed by atoms with Gasteiger partial charge < -0.3 is 5.32 Å². The standard InChI is InChI=1S/C12H19N5S/c1-9(2)7-18-5-3-4-13-11-10-6-16-17-12(10)15-8-14-11/h6,8-9H,3-5,7H2,1-2H3,(H2,13,14,15,16,17). The second kappa shape index (κ2) is 6.58. The Kier molecular flexibility index (Phi) is 4.81. The average molecular weight is 265 g/mol. The summed E-state index contributed by atoms with van der Waals surface area (Å²) in [5.74, 6) is 4.06. The Hall–Kier alpha value is -1.30. The molecule has 0 atom stereocenters. The minimum atomic E-state index is 0.773. The Labute approximate surface area is 111 Å². The van der Waals surface area contributed by atoms with E-state index in [-0.39, 0.29) is 0 Å². The molecular formula is C12H19N5S. The zero-order valence-corrected chi connectivity index (χ0v) is 11.6. The number of H-pyrrole nitrogens is 1. The molecule has 5 nitrogen and oxygen atoms in total. The maximum Gasteiger partial charge on any atom is 0.160 e. The second-order valence-electron chi connectivity index (χ2n) is 4.60. The van der Waals surface area contributed by atoms with Crippen LogP contribution in [-0.4, -0.2) is 38.2 Å². The number of hydrogen-bond acceptors (Lipinski definition) is 5. The number of nitrogens with one attached hydrogen (secondary N) is 2. The fraction of sp³-hybridized carbons (Fsp3) is 0.583. The molecule has 0 saturated heterocycles. The van der Waals surface area contributed by atoms with Crippen molar-refractivity contribution in [2.75, 3.05) is 23.4 Å². The summed E-state index contributed by atoms with van der Waals surface area (Å²) in [6.07, 6.45) is 4.45. The molecule has 18 heavy (non-hydrogen) atoms. The first-order valence-corrected chi connectivity index (χ1v) is 7.38. The van der Waals surface area contributed by atoms with Crippen LogP contribution in [0, 0.1) is 5.92 Å². The molecule has 0 aliphatic carbocycles. The lowest BCUT2D eigenvalue weighted by Crippen LogP contribution is -2.05. The summed E-state index contributed by atoms with van der Waals surface area (Å²) in [6, 6.07) is 0. The van der Waals surface area contributed by atoms with Gasteiger partial charge in [0.15, 0.2) is 5.65 Å². The van der Waals surface area contributed by atoms with Crippen LogP contribution in [0.3, 0.4) is 0 Å². The van der Waals surface area contributed by atoms with Gasteiger partial charge in [-0.05, 0) is 23.8 Å². The Morgan fingerprint density at radius 1 is 1.39 bits per heavy atom. The highest BCUT2D eigenvalue weighted by molar-refractivity contribution is 7.99. The van der Waals surface area contributed by atoms with Gasteiger partial charge in [-0.25, -0.2) is 9.97 Å². The van der Waals surface area contributed by atoms with Crippen LogP contribution in [0.25, 0.3) is 11.0 Å². The van der Waals surface area contributed by atoms with Crippen LogP contribution in [0.2, 0.25) is 0 Å². The molecule has 2 N–H and O–H groups in total. The molecule has 0 aliphatic heterocycles. The zero-order chi connectivity index (χ0) is 12.8. The summed E-state index contributed by atoms with van der Waals surface area (Å²) in [7, 11) is 0. The van der Waals surface area contributed by atoms with Crippen LogP contribution in [-0.2, 0) is 0 Å². The molecule has 2 rings (SSSR count). The monoisotopic (exact) mass is 265 g/mol. The van der Waals surface area contributed by atoms with Crippen molar-refractivity contribution in [3.05, 3.63) is 12.5 Å². The van der Waals surface area contributed by atoms with Crippen LogP contribution < -0.4 is 5.32 Å². The zero-order valence-electron chi connectivity index (χ0n) is 10.8. The number of fused-ring (bicyclic) bond motifs is 1. The molecular weight excluding hydrogens is 246 g/mol. The number of rotatable bonds is 7. The highest BCUT2D eigenvalue weighted by Crippen LogP contribution is 2.16. The van der Waals surface area contributed by atoms with Gasteiger partial charge in [-0.15, -0.1) is 0 Å². The minimum absolute atomic E-state index is 0.773. The molecule has 2 heterocycles. The van der Waals surface area contributed by atoms with Crippen LogP contribution >= 0.6 is 11.8 Å². The van der Waals surface area contributed by atoms with Crippen molar-refractivity contribution < 1.29 is 0 Å². The molecule has 98 valence electrons. The van der Waals surface area contributed by atoms with Crippen molar-refractivity contribution in [1.29, 1.82) is 0 Å². The summed E-state index contributed by atoms with van der Waals surface area (Å²) in [6.45, 7) is 5.44. The molecule has 0 saturated carbocycles. The molecule has 0 radical (unpaired) electrons. The van der Waals surface area contributed by atoms with Gasteiger partial charge in [-0.1, -0.05) is 13.8 Å². The van der Waals surface area contributed by atoms with Gasteiger partial charge >= 0.3 is 0 Å². The predicted octanol–water partition coefficient (Wildman–Crippen LogP) is 2.54. The first kappa shape index (κ1) is 13.1. The van der Waals surface area contributed by atoms with E-state index in [0.29, 0.717) is 0 Å². The molecule has 2 aromatic heterocycles. The van der Waals surface area contributed by atoms with E-state index >= 15 is 0 Å². The first-order chi connectivity index (χ1) is 8.77. The SMILES string of the molecule is CC(C)CSCCCNc1ncnc2[nH]ncc12. The second-order valence-corrected chi connectivity index (χ2v) is 5.75. The van der Waals surface area contributed by atoms with Gasteiger partial charge in [-0.3, -0.25) is 5.10 Å². The van der Waals surface area contributed by atoms with Crippen molar-refractivity contribution in [2.45, 2.75) is 20.3 Å². The summed E-state index contributed by atoms with van der Waals surface area (Å²) >= 11 is 2.01. The number of aromatic amines is 1. The Morgan fingerprint density at radius 3 is 3.11 bits per heavy atom. The van der Waals surface area contributed by atoms with Crippen LogP contribution in [0.15, 0.2) is 12.5 Å². The number of anilines is 1. The molecule has 0 aliphatic rings. The van der Waals surface area contributed by atoms with Crippen LogP contribution in [0.1, 0.15) is 20.3 Å². The molecule has 0 unspecified atom stereocenters. The fourth-order valence-electron chi connectivity index (χ4n) is 1.61. The molecule has 6 heteroatoms. The third-order valence-corrected chi connectivity index (χ3v) is 3.94. The molecule has 0 fully saturated rings. The topological polar surface area (TPSA) is 66.5 Å². The van der Waals surface area contributed by atoms with Gasteiger partial charge in [0.1, 0.15) is 12.1 Å². The van der Waals surface area contributed by atoms with Crippen molar-refractivity contribution in [3.63, 3.8) is 0 Å². The fourth-order valence-corrected chi connectivity index (χ4v) is 2.59. The average Bonchev–Trinajstić information content (AvgIpc) is 2.82. The van der Waals surface area contributed by atoms with Gasteiger partial charge in [0.25, 0.3) is 0 Å². The van der Waals surface area contributed by atoms with Gasteiger partial charge in [0.05, 0.1) is 11.6 Å². The van der Waals surface area contributed by atoms with Crippen molar-refractivity contribution >= 4 is 28.6 Å². The molecule has 0 spiro atoms. The van der Waals surface area contributed by atoms with E-state index in [1.165, 1.54) is 11.5 Å². The summed E-state index contributed by atoms with van der Waals surface area (Å²) in [4.78, 5) is 8.34. The highest BCUT2D eigenvalue weighted by Gasteiger charge is 2.03. The molecule has 0 amide bonds. The van der Waals surface area contributed by atoms with Crippen molar-refractivity contribution in [2.24, 2.45) is 5.92 Å². The van der Waals surface area contributed by atoms with Crippen LogP contribution in [0.5, 0.6) is 0 Å². The highest BCUT2D eigenvalue weighted by atomic mass is 32.2. The number of nitrogens with zero attached hydrogens (tertiary/aromatic N) is 3. The normalized spacial score (nSPS) is 11.3. The van der Waals surface area contributed by atoms with Crippen molar-refractivity contribution in [1.82, 2.24) is 20.2 Å². The molecule has 0 bridgehead atoms. The van der Waals surface area contributed by atoms with E-state index in [4.69, 9.17) is 0 Å². The van der Waals surface area contributed by atoms with E-state index in [0.717, 1.165) is 35.7 Å². The lowest BCUT2D eigenvalue weighted by molar-refractivity contribution is 0.749. The number of thioether (sulfide) groups is 1. The number of hydrogen-bond donors (Lipinski definition) is 2. The largest absolute Gasteiger partial charge is 0.369 e. The summed E-state index contributed by atoms with van der Waals surface area (Å²) in [5, 5.41) is 11.1. The van der Waals surface area contributed by atoms with Crippen molar-refractivity contribution in [3.8, 4) is 0 Å². The first-order valence-electron chi connectivity index (χ1n) is 6.23. The maximum absolute atomic E-state index is 4.24. The summed E-state index contributed by atoms with van der Waals surface area (Å²) in [5.41, 5.74) is 0.779. The Balaban J connectivity index is 1.75. The van der Waals surface area contributed by atoms with Gasteiger partial charge in [0.2, 0.25) is 0 Å². The molecule has 0 aromatic carbocycles. The molecule has 2 aromatic rings. The Morgan fingerprint density at radius 2 is 2.28 bits per heavy atom. The van der Waals surface area contributed by atoms with E-state index in [9.17, 15) is 0 Å². The third-order valence-electron chi connectivity index (χ3n) is 2.46. The van der Waals surface area contributed by atoms with Gasteiger partial charge in [-0.2, -0.15) is 16.9 Å². The maximum atomic E-state index is 4.24. The predicted molar refractivity (Wildman–Crippen MR) is 77.0 cm³/mol. The van der Waals surface area contributed by atoms with E-state index in [1.807, 2.05) is 11.8 Å². The van der Waals surface area contributed by atoms with E-state index in [1.54, 1.807) is 12.5 Å². The minimum Gasteiger partial charge on any atom is -0.369 e. The van der Waals surface area contributed by atoms with Crippen LogP contribution in [0.4, 0.5) is 5.82 Å². The van der Waals surface area contributed by atoms with E-state index in [2.05, 4.69) is 39.3 Å². The lowest BCUT2D eigenvalue weighted by atomic mass is 10.3.